The maximum Gasteiger partial charge on any atom is 0.0834 e. The largest absolute Gasteiger partial charge is 0.382 e. The van der Waals surface area contributed by atoms with E-state index in [1.807, 2.05) is 4.68 Å². The SMILES string of the molecule is CCCn1ncc(Cl)c1C(CCC(C)OC)NCC. The smallest absolute Gasteiger partial charge is 0.0834 e. The van der Waals surface area contributed by atoms with Crippen molar-refractivity contribution in [1.82, 2.24) is 15.1 Å². The Labute approximate surface area is 121 Å². The highest BCUT2D eigenvalue weighted by molar-refractivity contribution is 6.31. The lowest BCUT2D eigenvalue weighted by atomic mass is 10.1. The van der Waals surface area contributed by atoms with Gasteiger partial charge in [0.2, 0.25) is 0 Å². The average Bonchev–Trinajstić information content (AvgIpc) is 2.76. The molecule has 0 aliphatic heterocycles. The number of rotatable bonds is 9. The second kappa shape index (κ2) is 8.56. The molecule has 0 radical (unpaired) electrons. The summed E-state index contributed by atoms with van der Waals surface area (Å²) in [6, 6.07) is 0.240. The summed E-state index contributed by atoms with van der Waals surface area (Å²) in [6.45, 7) is 8.17. The van der Waals surface area contributed by atoms with E-state index < -0.39 is 0 Å². The molecule has 1 aromatic heterocycles. The fraction of sp³-hybridized carbons (Fsp3) is 0.786. The third-order valence-electron chi connectivity index (χ3n) is 3.31. The molecular formula is C14H26ClN3O. The van der Waals surface area contributed by atoms with Gasteiger partial charge in [0.1, 0.15) is 0 Å². The van der Waals surface area contributed by atoms with E-state index in [-0.39, 0.29) is 12.1 Å². The molecule has 1 heterocycles. The first-order valence-electron chi connectivity index (χ1n) is 7.11. The third-order valence-corrected chi connectivity index (χ3v) is 3.60. The highest BCUT2D eigenvalue weighted by Gasteiger charge is 2.20. The zero-order valence-corrected chi connectivity index (χ0v) is 13.2. The van der Waals surface area contributed by atoms with Crippen LogP contribution in [0.3, 0.4) is 0 Å². The molecule has 5 heteroatoms. The van der Waals surface area contributed by atoms with Crippen molar-refractivity contribution >= 4 is 11.6 Å². The minimum atomic E-state index is 0.240. The molecule has 0 bridgehead atoms. The van der Waals surface area contributed by atoms with Crippen molar-refractivity contribution in [1.29, 1.82) is 0 Å². The number of halogens is 1. The van der Waals surface area contributed by atoms with Crippen LogP contribution < -0.4 is 5.32 Å². The van der Waals surface area contributed by atoms with Gasteiger partial charge >= 0.3 is 0 Å². The number of ether oxygens (including phenoxy) is 1. The summed E-state index contributed by atoms with van der Waals surface area (Å²) in [4.78, 5) is 0. The standard InChI is InChI=1S/C14H26ClN3O/c1-5-9-18-14(12(15)10-17-18)13(16-6-2)8-7-11(3)19-4/h10-11,13,16H,5-9H2,1-4H3. The molecule has 0 fully saturated rings. The lowest BCUT2D eigenvalue weighted by Crippen LogP contribution is -2.25. The summed E-state index contributed by atoms with van der Waals surface area (Å²) in [5.74, 6) is 0. The predicted molar refractivity (Wildman–Crippen MR) is 79.7 cm³/mol. The van der Waals surface area contributed by atoms with E-state index in [2.05, 4.69) is 31.2 Å². The van der Waals surface area contributed by atoms with Gasteiger partial charge in [0.25, 0.3) is 0 Å². The Morgan fingerprint density at radius 2 is 2.16 bits per heavy atom. The molecule has 1 rings (SSSR count). The summed E-state index contributed by atoms with van der Waals surface area (Å²) in [7, 11) is 1.75. The number of hydrogen-bond donors (Lipinski definition) is 1. The van der Waals surface area contributed by atoms with Crippen LogP contribution in [0.15, 0.2) is 6.20 Å². The minimum absolute atomic E-state index is 0.240. The van der Waals surface area contributed by atoms with Crippen LogP contribution in [0, 0.1) is 0 Å². The van der Waals surface area contributed by atoms with Gasteiger partial charge in [-0.2, -0.15) is 5.10 Å². The molecule has 0 spiro atoms. The van der Waals surface area contributed by atoms with Crippen LogP contribution in [0.5, 0.6) is 0 Å². The predicted octanol–water partition coefficient (Wildman–Crippen LogP) is 3.41. The van der Waals surface area contributed by atoms with Gasteiger partial charge in [-0.05, 0) is 32.7 Å². The summed E-state index contributed by atoms with van der Waals surface area (Å²) in [5.41, 5.74) is 1.11. The first-order chi connectivity index (χ1) is 9.13. The Morgan fingerprint density at radius 1 is 1.42 bits per heavy atom. The van der Waals surface area contributed by atoms with E-state index in [4.69, 9.17) is 16.3 Å². The molecule has 0 aromatic carbocycles. The summed E-state index contributed by atoms with van der Waals surface area (Å²) < 4.78 is 7.34. The molecule has 0 aliphatic rings. The second-order valence-electron chi connectivity index (χ2n) is 4.83. The Bertz CT molecular complexity index is 368. The molecule has 19 heavy (non-hydrogen) atoms. The molecule has 0 amide bonds. The number of aryl methyl sites for hydroxylation is 1. The summed E-state index contributed by atoms with van der Waals surface area (Å²) in [6.07, 6.45) is 5.07. The minimum Gasteiger partial charge on any atom is -0.382 e. The molecule has 2 unspecified atom stereocenters. The lowest BCUT2D eigenvalue weighted by molar-refractivity contribution is 0.106. The topological polar surface area (TPSA) is 39.1 Å². The maximum absolute atomic E-state index is 6.31. The number of aromatic nitrogens is 2. The van der Waals surface area contributed by atoms with Gasteiger partial charge in [-0.1, -0.05) is 25.4 Å². The van der Waals surface area contributed by atoms with Crippen molar-refractivity contribution in [2.24, 2.45) is 0 Å². The molecule has 1 N–H and O–H groups in total. The number of nitrogens with zero attached hydrogens (tertiary/aromatic N) is 2. The van der Waals surface area contributed by atoms with Crippen molar-refractivity contribution in [2.45, 2.75) is 58.7 Å². The van der Waals surface area contributed by atoms with E-state index in [0.29, 0.717) is 0 Å². The van der Waals surface area contributed by atoms with E-state index in [1.165, 1.54) is 0 Å². The van der Waals surface area contributed by atoms with Gasteiger partial charge in [-0.3, -0.25) is 4.68 Å². The van der Waals surface area contributed by atoms with Crippen LogP contribution in [0.2, 0.25) is 5.02 Å². The average molecular weight is 288 g/mol. The Hall–Kier alpha value is -0.580. The molecule has 2 atom stereocenters. The highest BCUT2D eigenvalue weighted by atomic mass is 35.5. The van der Waals surface area contributed by atoms with E-state index in [1.54, 1.807) is 13.3 Å². The van der Waals surface area contributed by atoms with Crippen LogP contribution in [-0.4, -0.2) is 29.5 Å². The van der Waals surface area contributed by atoms with Gasteiger partial charge in [0.15, 0.2) is 0 Å². The number of methoxy groups -OCH3 is 1. The molecule has 0 saturated heterocycles. The zero-order chi connectivity index (χ0) is 14.3. The Balaban J connectivity index is 2.82. The first-order valence-corrected chi connectivity index (χ1v) is 7.49. The third kappa shape index (κ3) is 4.79. The van der Waals surface area contributed by atoms with Gasteiger partial charge in [-0.25, -0.2) is 0 Å². The monoisotopic (exact) mass is 287 g/mol. The van der Waals surface area contributed by atoms with Crippen molar-refractivity contribution in [3.63, 3.8) is 0 Å². The van der Waals surface area contributed by atoms with Crippen molar-refractivity contribution in [2.75, 3.05) is 13.7 Å². The number of nitrogens with one attached hydrogen (secondary N) is 1. The highest BCUT2D eigenvalue weighted by Crippen LogP contribution is 2.27. The van der Waals surface area contributed by atoms with Crippen molar-refractivity contribution in [3.05, 3.63) is 16.9 Å². The van der Waals surface area contributed by atoms with Crippen molar-refractivity contribution < 1.29 is 4.74 Å². The van der Waals surface area contributed by atoms with Crippen molar-refractivity contribution in [3.8, 4) is 0 Å². The van der Waals surface area contributed by atoms with E-state index in [0.717, 1.165) is 43.1 Å². The maximum atomic E-state index is 6.31. The van der Waals surface area contributed by atoms with Gasteiger partial charge in [0.05, 0.1) is 29.1 Å². The van der Waals surface area contributed by atoms with E-state index in [9.17, 15) is 0 Å². The normalized spacial score (nSPS) is 14.6. The van der Waals surface area contributed by atoms with Crippen LogP contribution in [0.4, 0.5) is 0 Å². The Morgan fingerprint density at radius 3 is 2.74 bits per heavy atom. The van der Waals surface area contributed by atoms with Gasteiger partial charge in [0, 0.05) is 13.7 Å². The quantitative estimate of drug-likeness (QED) is 0.756. The molecule has 110 valence electrons. The molecule has 1 aromatic rings. The molecule has 0 saturated carbocycles. The summed E-state index contributed by atoms with van der Waals surface area (Å²) in [5, 5.41) is 8.63. The fourth-order valence-electron chi connectivity index (χ4n) is 2.21. The van der Waals surface area contributed by atoms with E-state index >= 15 is 0 Å². The van der Waals surface area contributed by atoms with Crippen LogP contribution >= 0.6 is 11.6 Å². The van der Waals surface area contributed by atoms with Gasteiger partial charge in [-0.15, -0.1) is 0 Å². The van der Waals surface area contributed by atoms with Gasteiger partial charge < -0.3 is 10.1 Å². The fourth-order valence-corrected chi connectivity index (χ4v) is 2.48. The lowest BCUT2D eigenvalue weighted by Gasteiger charge is -2.21. The first kappa shape index (κ1) is 16.5. The van der Waals surface area contributed by atoms with Crippen LogP contribution in [0.1, 0.15) is 51.8 Å². The zero-order valence-electron chi connectivity index (χ0n) is 12.4. The van der Waals surface area contributed by atoms with Crippen LogP contribution in [0.25, 0.3) is 0 Å². The molecular weight excluding hydrogens is 262 g/mol. The summed E-state index contributed by atoms with van der Waals surface area (Å²) >= 11 is 6.31. The Kier molecular flexibility index (Phi) is 7.42. The molecule has 4 nitrogen and oxygen atoms in total. The molecule has 0 aliphatic carbocycles. The van der Waals surface area contributed by atoms with Crippen LogP contribution in [-0.2, 0) is 11.3 Å². The second-order valence-corrected chi connectivity index (χ2v) is 5.24. The number of hydrogen-bond acceptors (Lipinski definition) is 3.